The Labute approximate surface area is 108 Å². The first-order valence-electron chi connectivity index (χ1n) is 5.13. The molecule has 1 aliphatic rings. The van der Waals surface area contributed by atoms with Crippen LogP contribution in [0.5, 0.6) is 0 Å². The summed E-state index contributed by atoms with van der Waals surface area (Å²) in [6, 6.07) is 0.363. The predicted octanol–water partition coefficient (Wildman–Crippen LogP) is 0.355. The summed E-state index contributed by atoms with van der Waals surface area (Å²) in [5.41, 5.74) is 0.0307. The largest absolute Gasteiger partial charge is 0.347 e. The number of nitrogens with zero attached hydrogens (tertiary/aromatic N) is 1. The molecule has 0 aromatic carbocycles. The average molecular weight is 293 g/mol. The van der Waals surface area contributed by atoms with E-state index in [2.05, 4.69) is 10.3 Å². The van der Waals surface area contributed by atoms with Crippen molar-refractivity contribution in [3.05, 3.63) is 29.8 Å². The normalized spacial score (nSPS) is 25.9. The van der Waals surface area contributed by atoms with Gasteiger partial charge in [0.25, 0.3) is 5.91 Å². The first kappa shape index (κ1) is 13.2. The van der Waals surface area contributed by atoms with E-state index >= 15 is 0 Å². The lowest BCUT2D eigenvalue weighted by atomic mass is 10.2. The van der Waals surface area contributed by atoms with E-state index < -0.39 is 33.0 Å². The van der Waals surface area contributed by atoms with Crippen molar-refractivity contribution in [3.63, 3.8) is 0 Å². The van der Waals surface area contributed by atoms with E-state index in [1.54, 1.807) is 0 Å². The smallest absolute Gasteiger partial charge is 0.253 e. The zero-order valence-corrected chi connectivity index (χ0v) is 10.7. The van der Waals surface area contributed by atoms with Crippen molar-refractivity contribution in [1.82, 2.24) is 10.3 Å². The molecule has 2 heterocycles. The van der Waals surface area contributed by atoms with Crippen LogP contribution in [0.1, 0.15) is 10.4 Å². The van der Waals surface area contributed by atoms with Gasteiger partial charge in [-0.3, -0.25) is 9.78 Å². The van der Waals surface area contributed by atoms with Gasteiger partial charge in [0.05, 0.1) is 34.7 Å². The molecule has 1 saturated heterocycles. The van der Waals surface area contributed by atoms with Gasteiger partial charge in [-0.25, -0.2) is 12.8 Å². The van der Waals surface area contributed by atoms with Crippen LogP contribution in [0.3, 0.4) is 0 Å². The highest BCUT2D eigenvalue weighted by Gasteiger charge is 2.37. The molecular weight excluding hydrogens is 283 g/mol. The van der Waals surface area contributed by atoms with Crippen LogP contribution in [0.15, 0.2) is 18.5 Å². The van der Waals surface area contributed by atoms with E-state index in [1.165, 1.54) is 6.20 Å². The highest BCUT2D eigenvalue weighted by Crippen LogP contribution is 2.18. The number of carbonyl (C=O) groups is 1. The summed E-state index contributed by atoms with van der Waals surface area (Å²) in [5, 5.41) is 1.80. The van der Waals surface area contributed by atoms with Crippen molar-refractivity contribution < 1.29 is 17.6 Å². The second kappa shape index (κ2) is 4.81. The van der Waals surface area contributed by atoms with Gasteiger partial charge in [0, 0.05) is 6.20 Å². The minimum absolute atomic E-state index is 0.0307. The predicted molar refractivity (Wildman–Crippen MR) is 63.7 cm³/mol. The number of halogens is 2. The van der Waals surface area contributed by atoms with E-state index in [4.69, 9.17) is 11.6 Å². The highest BCUT2D eigenvalue weighted by molar-refractivity contribution is 7.91. The number of hydrogen-bond acceptors (Lipinski definition) is 4. The Morgan fingerprint density at radius 2 is 2.17 bits per heavy atom. The molecule has 1 aliphatic heterocycles. The van der Waals surface area contributed by atoms with Crippen molar-refractivity contribution in [2.45, 2.75) is 11.4 Å². The molecule has 1 N–H and O–H groups in total. The maximum absolute atomic E-state index is 12.9. The first-order chi connectivity index (χ1) is 8.37. The van der Waals surface area contributed by atoms with Crippen LogP contribution in [-0.4, -0.2) is 42.2 Å². The topological polar surface area (TPSA) is 76.1 Å². The van der Waals surface area contributed by atoms with Crippen molar-refractivity contribution in [3.8, 4) is 0 Å². The molecule has 8 heteroatoms. The summed E-state index contributed by atoms with van der Waals surface area (Å²) in [4.78, 5) is 15.3. The van der Waals surface area contributed by atoms with Gasteiger partial charge in [0.1, 0.15) is 5.82 Å². The third-order valence-corrected chi connectivity index (χ3v) is 4.94. The molecule has 1 aromatic rings. The van der Waals surface area contributed by atoms with Crippen LogP contribution in [0.25, 0.3) is 0 Å². The van der Waals surface area contributed by atoms with Crippen molar-refractivity contribution in [1.29, 1.82) is 0 Å². The Hall–Kier alpha value is -1.21. The van der Waals surface area contributed by atoms with E-state index in [1.807, 2.05) is 0 Å². The van der Waals surface area contributed by atoms with E-state index in [0.717, 1.165) is 12.3 Å². The average Bonchev–Trinajstić information content (AvgIpc) is 2.51. The molecule has 2 atom stereocenters. The number of hydrogen-bond donors (Lipinski definition) is 1. The number of carbonyl (C=O) groups excluding carboxylic acids is 1. The minimum atomic E-state index is -3.22. The van der Waals surface area contributed by atoms with Gasteiger partial charge in [0.2, 0.25) is 0 Å². The summed E-state index contributed by atoms with van der Waals surface area (Å²) in [7, 11) is -3.22. The molecule has 5 nitrogen and oxygen atoms in total. The molecule has 0 spiro atoms. The number of aromatic nitrogens is 1. The summed E-state index contributed by atoms with van der Waals surface area (Å²) >= 11 is 5.84. The maximum Gasteiger partial charge on any atom is 0.253 e. The number of rotatable bonds is 2. The van der Waals surface area contributed by atoms with Crippen LogP contribution < -0.4 is 5.32 Å². The third-order valence-electron chi connectivity index (χ3n) is 2.57. The lowest BCUT2D eigenvalue weighted by molar-refractivity contribution is 0.0940. The van der Waals surface area contributed by atoms with Gasteiger partial charge in [-0.2, -0.15) is 0 Å². The zero-order valence-electron chi connectivity index (χ0n) is 9.14. The van der Waals surface area contributed by atoms with Gasteiger partial charge < -0.3 is 5.32 Å². The maximum atomic E-state index is 12.9. The summed E-state index contributed by atoms with van der Waals surface area (Å²) in [6.45, 7) is 0. The van der Waals surface area contributed by atoms with Gasteiger partial charge >= 0.3 is 0 Å². The molecule has 98 valence electrons. The second-order valence-corrected chi connectivity index (χ2v) is 6.78. The van der Waals surface area contributed by atoms with E-state index in [9.17, 15) is 17.6 Å². The van der Waals surface area contributed by atoms with Crippen LogP contribution in [0.2, 0.25) is 0 Å². The van der Waals surface area contributed by atoms with Gasteiger partial charge in [0.15, 0.2) is 9.84 Å². The Kier molecular flexibility index (Phi) is 3.54. The molecule has 1 aromatic heterocycles. The SMILES string of the molecule is O=C(NC1CS(=O)(=O)CC1Cl)c1cncc(F)c1. The number of nitrogens with one attached hydrogen (secondary N) is 1. The number of amides is 1. The molecule has 0 bridgehead atoms. The van der Waals surface area contributed by atoms with Crippen molar-refractivity contribution in [2.24, 2.45) is 0 Å². The number of sulfone groups is 1. The zero-order chi connectivity index (χ0) is 13.3. The molecule has 18 heavy (non-hydrogen) atoms. The lowest BCUT2D eigenvalue weighted by Crippen LogP contribution is -2.40. The monoisotopic (exact) mass is 292 g/mol. The van der Waals surface area contributed by atoms with Gasteiger partial charge in [-0.1, -0.05) is 0 Å². The van der Waals surface area contributed by atoms with Crippen molar-refractivity contribution in [2.75, 3.05) is 11.5 Å². The Morgan fingerprint density at radius 3 is 2.72 bits per heavy atom. The van der Waals surface area contributed by atoms with E-state index in [0.29, 0.717) is 0 Å². The lowest BCUT2D eigenvalue weighted by Gasteiger charge is -2.14. The quantitative estimate of drug-likeness (QED) is 0.798. The number of pyridine rings is 1. The van der Waals surface area contributed by atoms with Crippen LogP contribution in [-0.2, 0) is 9.84 Å². The molecule has 0 radical (unpaired) electrons. The van der Waals surface area contributed by atoms with Gasteiger partial charge in [-0.05, 0) is 6.07 Å². The molecule has 1 fully saturated rings. The molecule has 2 rings (SSSR count). The fourth-order valence-corrected chi connectivity index (χ4v) is 4.27. The fraction of sp³-hybridized carbons (Fsp3) is 0.400. The molecule has 1 amide bonds. The molecule has 0 aliphatic carbocycles. The second-order valence-electron chi connectivity index (χ2n) is 4.06. The first-order valence-corrected chi connectivity index (χ1v) is 7.39. The fourth-order valence-electron chi connectivity index (χ4n) is 1.72. The van der Waals surface area contributed by atoms with E-state index in [-0.39, 0.29) is 17.1 Å². The highest BCUT2D eigenvalue weighted by atomic mass is 35.5. The summed E-state index contributed by atoms with van der Waals surface area (Å²) in [5.74, 6) is -1.59. The van der Waals surface area contributed by atoms with Crippen LogP contribution in [0, 0.1) is 5.82 Å². The summed E-state index contributed by atoms with van der Waals surface area (Å²) in [6.07, 6.45) is 2.17. The number of alkyl halides is 1. The Morgan fingerprint density at radius 1 is 1.44 bits per heavy atom. The van der Waals surface area contributed by atoms with Crippen molar-refractivity contribution >= 4 is 27.3 Å². The van der Waals surface area contributed by atoms with Gasteiger partial charge in [-0.15, -0.1) is 11.6 Å². The standard InChI is InChI=1S/C10H10ClFN2O3S/c11-8-4-18(16,17)5-9(8)14-10(15)6-1-7(12)3-13-2-6/h1-3,8-9H,4-5H2,(H,14,15). The molecular formula is C10H10ClFN2O3S. The Balaban J connectivity index is 2.09. The summed E-state index contributed by atoms with van der Waals surface area (Å²) < 4.78 is 35.5. The molecule has 0 saturated carbocycles. The molecule has 2 unspecified atom stereocenters. The Bertz CT molecular complexity index is 578. The van der Waals surface area contributed by atoms with Crippen LogP contribution in [0.4, 0.5) is 4.39 Å². The third kappa shape index (κ3) is 2.97. The minimum Gasteiger partial charge on any atom is -0.347 e. The van der Waals surface area contributed by atoms with Crippen LogP contribution >= 0.6 is 11.6 Å².